The average molecular weight is 421 g/mol. The number of carbonyl (C=O) groups is 1. The molecule has 1 aromatic heterocycles. The summed E-state index contributed by atoms with van der Waals surface area (Å²) < 4.78 is 4.96. The van der Waals surface area contributed by atoms with Crippen LogP contribution >= 0.6 is 11.3 Å². The predicted octanol–water partition coefficient (Wildman–Crippen LogP) is 7.38. The van der Waals surface area contributed by atoms with Gasteiger partial charge in [0, 0.05) is 5.92 Å². The molecular weight excluding hydrogens is 388 g/mol. The number of ether oxygens (including phenoxy) is 1. The molecule has 0 saturated carbocycles. The Kier molecular flexibility index (Phi) is 10.8. The van der Waals surface area contributed by atoms with Crippen molar-refractivity contribution in [1.29, 1.82) is 0 Å². The van der Waals surface area contributed by atoms with E-state index in [-0.39, 0.29) is 11.9 Å². The molecule has 1 heterocycles. The van der Waals surface area contributed by atoms with Crippen molar-refractivity contribution in [3.8, 4) is 23.0 Å². The molecule has 0 aliphatic carbocycles. The van der Waals surface area contributed by atoms with Crippen molar-refractivity contribution in [2.75, 3.05) is 7.11 Å². The molecule has 0 aliphatic heterocycles. The Morgan fingerprint density at radius 3 is 2.77 bits per heavy atom. The van der Waals surface area contributed by atoms with Crippen LogP contribution in [0.3, 0.4) is 0 Å². The maximum atomic E-state index is 12.0. The minimum atomic E-state index is -0.128. The number of methoxy groups -OCH3 is 1. The molecule has 2 rings (SSSR count). The van der Waals surface area contributed by atoms with E-state index in [4.69, 9.17) is 4.74 Å². The number of hydrogen-bond donors (Lipinski definition) is 0. The largest absolute Gasteiger partial charge is 0.469 e. The number of hydrogen-bond acceptors (Lipinski definition) is 3. The van der Waals surface area contributed by atoms with Gasteiger partial charge in [-0.1, -0.05) is 68.5 Å². The molecule has 2 nitrogen and oxygen atoms in total. The van der Waals surface area contributed by atoms with Gasteiger partial charge in [-0.3, -0.25) is 4.79 Å². The van der Waals surface area contributed by atoms with Gasteiger partial charge in [-0.15, -0.1) is 0 Å². The van der Waals surface area contributed by atoms with Gasteiger partial charge in [0.2, 0.25) is 0 Å². The summed E-state index contributed by atoms with van der Waals surface area (Å²) in [6.07, 6.45) is 12.8. The number of carbonyl (C=O) groups excluding carboxylic acids is 1. The number of unbranched alkanes of at least 4 members (excludes halogenated alkanes) is 2. The molecule has 0 N–H and O–H groups in total. The first-order chi connectivity index (χ1) is 14.6. The lowest BCUT2D eigenvalue weighted by molar-refractivity contribution is -0.145. The number of benzene rings is 1. The van der Waals surface area contributed by atoms with Gasteiger partial charge in [-0.2, -0.15) is 11.3 Å². The van der Waals surface area contributed by atoms with Gasteiger partial charge >= 0.3 is 5.97 Å². The van der Waals surface area contributed by atoms with E-state index in [1.807, 2.05) is 12.2 Å². The number of thiophene rings is 1. The third kappa shape index (κ3) is 8.84. The highest BCUT2D eigenvalue weighted by atomic mass is 32.1. The van der Waals surface area contributed by atoms with Crippen LogP contribution in [0.1, 0.15) is 51.5 Å². The zero-order valence-electron chi connectivity index (χ0n) is 18.3. The topological polar surface area (TPSA) is 26.3 Å². The van der Waals surface area contributed by atoms with Crippen molar-refractivity contribution < 1.29 is 9.53 Å². The normalized spacial score (nSPS) is 12.3. The van der Waals surface area contributed by atoms with Crippen LogP contribution in [0.25, 0.3) is 17.2 Å². The third-order valence-electron chi connectivity index (χ3n) is 4.75. The molecule has 0 spiro atoms. The highest BCUT2D eigenvalue weighted by Crippen LogP contribution is 2.23. The molecule has 0 saturated heterocycles. The highest BCUT2D eigenvalue weighted by molar-refractivity contribution is 7.08. The SMILES string of the molecule is COC(=O)C(CC=CC#CC(C)C)CCCCC=Cc1cccc(-c2ccsc2)c1. The lowest BCUT2D eigenvalue weighted by Crippen LogP contribution is -2.15. The molecule has 158 valence electrons. The Balaban J connectivity index is 1.76. The number of rotatable bonds is 10. The van der Waals surface area contributed by atoms with Crippen LogP contribution in [0.5, 0.6) is 0 Å². The minimum absolute atomic E-state index is 0.0848. The molecule has 1 aromatic carbocycles. The van der Waals surface area contributed by atoms with Gasteiger partial charge < -0.3 is 4.74 Å². The second kappa shape index (κ2) is 13.6. The molecular formula is C27H32O2S. The summed E-state index contributed by atoms with van der Waals surface area (Å²) in [7, 11) is 1.46. The van der Waals surface area contributed by atoms with Gasteiger partial charge in [-0.05, 0) is 71.3 Å². The highest BCUT2D eigenvalue weighted by Gasteiger charge is 2.16. The van der Waals surface area contributed by atoms with Gasteiger partial charge in [0.1, 0.15) is 0 Å². The van der Waals surface area contributed by atoms with E-state index in [1.54, 1.807) is 11.3 Å². The van der Waals surface area contributed by atoms with E-state index in [2.05, 4.69) is 78.9 Å². The Bertz CT molecular complexity index is 879. The maximum Gasteiger partial charge on any atom is 0.308 e. The molecule has 0 aliphatic rings. The van der Waals surface area contributed by atoms with E-state index >= 15 is 0 Å². The summed E-state index contributed by atoms with van der Waals surface area (Å²) in [5.74, 6) is 6.26. The molecule has 2 aromatic rings. The van der Waals surface area contributed by atoms with E-state index in [0.717, 1.165) is 25.7 Å². The first kappa shape index (κ1) is 23.7. The number of allylic oxidation sites excluding steroid dienone is 3. The molecule has 0 fully saturated rings. The van der Waals surface area contributed by atoms with Gasteiger partial charge in [-0.25, -0.2) is 0 Å². The molecule has 1 unspecified atom stereocenters. The van der Waals surface area contributed by atoms with Crippen LogP contribution in [0.4, 0.5) is 0 Å². The van der Waals surface area contributed by atoms with Crippen molar-refractivity contribution in [3.63, 3.8) is 0 Å². The van der Waals surface area contributed by atoms with Gasteiger partial charge in [0.15, 0.2) is 0 Å². The van der Waals surface area contributed by atoms with E-state index in [1.165, 1.54) is 23.8 Å². The standard InChI is InChI=1S/C27H32O2S/c1-22(2)12-7-6-10-16-24(27(28)29-3)15-9-5-4-8-13-23-14-11-17-25(20-23)26-18-19-30-21-26/h6,8,10-11,13-14,17-22,24H,4-5,9,15-16H2,1-3H3. The Hall–Kier alpha value is -2.57. The smallest absolute Gasteiger partial charge is 0.308 e. The summed E-state index contributed by atoms with van der Waals surface area (Å²) in [5, 5.41) is 4.28. The summed E-state index contributed by atoms with van der Waals surface area (Å²) in [6, 6.07) is 10.8. The van der Waals surface area contributed by atoms with Gasteiger partial charge in [0.25, 0.3) is 0 Å². The molecule has 0 amide bonds. The van der Waals surface area contributed by atoms with Crippen LogP contribution in [0.2, 0.25) is 0 Å². The Labute approximate surface area is 185 Å². The van der Waals surface area contributed by atoms with Crippen LogP contribution in [-0.4, -0.2) is 13.1 Å². The monoisotopic (exact) mass is 420 g/mol. The fourth-order valence-electron chi connectivity index (χ4n) is 3.13. The predicted molar refractivity (Wildman–Crippen MR) is 129 cm³/mol. The first-order valence-corrected chi connectivity index (χ1v) is 11.6. The lowest BCUT2D eigenvalue weighted by atomic mass is 9.97. The van der Waals surface area contributed by atoms with Crippen molar-refractivity contribution in [1.82, 2.24) is 0 Å². The first-order valence-electron chi connectivity index (χ1n) is 10.6. The van der Waals surface area contributed by atoms with Crippen molar-refractivity contribution in [2.45, 2.75) is 46.0 Å². The second-order valence-corrected chi connectivity index (χ2v) is 8.41. The minimum Gasteiger partial charge on any atom is -0.469 e. The van der Waals surface area contributed by atoms with Crippen LogP contribution in [-0.2, 0) is 9.53 Å². The Morgan fingerprint density at radius 1 is 1.17 bits per heavy atom. The quantitative estimate of drug-likeness (QED) is 0.228. The summed E-state index contributed by atoms with van der Waals surface area (Å²) in [4.78, 5) is 12.0. The molecule has 3 heteroatoms. The lowest BCUT2D eigenvalue weighted by Gasteiger charge is -2.11. The fraction of sp³-hybridized carbons (Fsp3) is 0.370. The average Bonchev–Trinajstić information content (AvgIpc) is 3.29. The fourth-order valence-corrected chi connectivity index (χ4v) is 3.79. The molecule has 0 radical (unpaired) electrons. The van der Waals surface area contributed by atoms with E-state index < -0.39 is 0 Å². The zero-order chi connectivity index (χ0) is 21.6. The summed E-state index contributed by atoms with van der Waals surface area (Å²) >= 11 is 1.72. The van der Waals surface area contributed by atoms with Crippen LogP contribution in [0, 0.1) is 23.7 Å². The summed E-state index contributed by atoms with van der Waals surface area (Å²) in [6.45, 7) is 4.12. The Morgan fingerprint density at radius 2 is 2.03 bits per heavy atom. The van der Waals surface area contributed by atoms with E-state index in [0.29, 0.717) is 12.3 Å². The molecule has 30 heavy (non-hydrogen) atoms. The van der Waals surface area contributed by atoms with Gasteiger partial charge in [0.05, 0.1) is 13.0 Å². The molecule has 1 atom stereocenters. The summed E-state index contributed by atoms with van der Waals surface area (Å²) in [5.41, 5.74) is 3.75. The maximum absolute atomic E-state index is 12.0. The van der Waals surface area contributed by atoms with Crippen molar-refractivity contribution in [2.24, 2.45) is 11.8 Å². The second-order valence-electron chi connectivity index (χ2n) is 7.63. The van der Waals surface area contributed by atoms with Crippen molar-refractivity contribution >= 4 is 23.4 Å². The van der Waals surface area contributed by atoms with Crippen LogP contribution < -0.4 is 0 Å². The molecule has 0 bridgehead atoms. The van der Waals surface area contributed by atoms with E-state index in [9.17, 15) is 4.79 Å². The number of esters is 1. The zero-order valence-corrected chi connectivity index (χ0v) is 19.1. The van der Waals surface area contributed by atoms with Crippen molar-refractivity contribution in [3.05, 3.63) is 64.9 Å². The van der Waals surface area contributed by atoms with Crippen LogP contribution in [0.15, 0.2) is 59.3 Å². The third-order valence-corrected chi connectivity index (χ3v) is 5.44.